The van der Waals surface area contributed by atoms with E-state index in [-0.39, 0.29) is 26.8 Å². The molecule has 4 aromatic rings. The number of esters is 1. The first kappa shape index (κ1) is 20.4. The van der Waals surface area contributed by atoms with E-state index in [4.69, 9.17) is 20.8 Å². The lowest BCUT2D eigenvalue weighted by atomic mass is 9.99. The number of ether oxygens (including phenoxy) is 1. The van der Waals surface area contributed by atoms with E-state index in [0.29, 0.717) is 27.2 Å². The van der Waals surface area contributed by atoms with Crippen LogP contribution < -0.4 is 10.3 Å². The minimum atomic E-state index is -0.812. The van der Waals surface area contributed by atoms with Crippen LogP contribution in [0.5, 0.6) is 0 Å². The van der Waals surface area contributed by atoms with Gasteiger partial charge in [-0.3, -0.25) is 14.5 Å². The molecule has 0 fully saturated rings. The van der Waals surface area contributed by atoms with Crippen LogP contribution in [0.4, 0.5) is 5.13 Å². The van der Waals surface area contributed by atoms with Crippen molar-refractivity contribution in [2.45, 2.75) is 13.0 Å². The Balaban J connectivity index is 1.79. The molecule has 9 heteroatoms. The Labute approximate surface area is 190 Å². The number of amides is 1. The van der Waals surface area contributed by atoms with E-state index in [2.05, 4.69) is 4.98 Å². The van der Waals surface area contributed by atoms with Gasteiger partial charge < -0.3 is 9.15 Å². The molecule has 0 radical (unpaired) electrons. The highest BCUT2D eigenvalue weighted by Gasteiger charge is 2.45. The number of hydrogen-bond donors (Lipinski definition) is 0. The molecule has 7 nitrogen and oxygen atoms in total. The lowest BCUT2D eigenvalue weighted by molar-refractivity contribution is 0.0605. The largest absolute Gasteiger partial charge is 0.465 e. The molecule has 160 valence electrons. The minimum Gasteiger partial charge on any atom is -0.465 e. The van der Waals surface area contributed by atoms with Crippen molar-refractivity contribution < 1.29 is 18.7 Å². The maximum Gasteiger partial charge on any atom is 0.350 e. The summed E-state index contributed by atoms with van der Waals surface area (Å²) in [6.07, 6.45) is 0. The second-order valence-corrected chi connectivity index (χ2v) is 8.62. The third-order valence-electron chi connectivity index (χ3n) is 5.30. The zero-order valence-electron chi connectivity index (χ0n) is 16.9. The van der Waals surface area contributed by atoms with Gasteiger partial charge in [0.05, 0.1) is 29.8 Å². The lowest BCUT2D eigenvalue weighted by Crippen LogP contribution is -2.29. The van der Waals surface area contributed by atoms with Gasteiger partial charge >= 0.3 is 5.97 Å². The fraction of sp³-hybridized carbons (Fsp3) is 0.130. The summed E-state index contributed by atoms with van der Waals surface area (Å²) in [6.45, 7) is 1.66. The predicted octanol–water partition coefficient (Wildman–Crippen LogP) is 4.75. The molecule has 0 saturated carbocycles. The zero-order valence-corrected chi connectivity index (χ0v) is 18.5. The van der Waals surface area contributed by atoms with Gasteiger partial charge in [-0.05, 0) is 36.8 Å². The number of benzene rings is 2. The van der Waals surface area contributed by atoms with Crippen molar-refractivity contribution in [3.63, 3.8) is 0 Å². The molecule has 5 rings (SSSR count). The molecule has 2 aromatic carbocycles. The smallest absolute Gasteiger partial charge is 0.350 e. The summed E-state index contributed by atoms with van der Waals surface area (Å²) in [4.78, 5) is 45.2. The van der Waals surface area contributed by atoms with Crippen molar-refractivity contribution >= 4 is 50.9 Å². The van der Waals surface area contributed by atoms with Gasteiger partial charge in [0.15, 0.2) is 10.6 Å². The molecular weight excluding hydrogens is 452 g/mol. The Kier molecular flexibility index (Phi) is 4.83. The van der Waals surface area contributed by atoms with Crippen molar-refractivity contribution in [1.82, 2.24) is 4.98 Å². The van der Waals surface area contributed by atoms with Crippen LogP contribution in [0, 0.1) is 6.92 Å². The molecular formula is C23H15ClN2O5S. The maximum atomic E-state index is 13.5. The Morgan fingerprint density at radius 3 is 2.72 bits per heavy atom. The number of aromatic nitrogens is 1. The molecule has 0 unspecified atom stereocenters. The molecule has 1 aliphatic rings. The van der Waals surface area contributed by atoms with Crippen molar-refractivity contribution in [2.75, 3.05) is 12.0 Å². The number of anilines is 1. The molecule has 0 aliphatic carbocycles. The van der Waals surface area contributed by atoms with Crippen LogP contribution in [0.3, 0.4) is 0 Å². The number of thiazole rings is 1. The number of para-hydroxylation sites is 1. The fourth-order valence-electron chi connectivity index (χ4n) is 3.88. The minimum absolute atomic E-state index is 0.0499. The summed E-state index contributed by atoms with van der Waals surface area (Å²) in [6, 6.07) is 12.9. The second kappa shape index (κ2) is 7.58. The van der Waals surface area contributed by atoms with Crippen LogP contribution in [-0.4, -0.2) is 24.0 Å². The predicted molar refractivity (Wildman–Crippen MR) is 121 cm³/mol. The average molecular weight is 467 g/mol. The molecule has 32 heavy (non-hydrogen) atoms. The van der Waals surface area contributed by atoms with Gasteiger partial charge in [0.25, 0.3) is 5.91 Å². The van der Waals surface area contributed by atoms with E-state index in [1.807, 2.05) is 0 Å². The van der Waals surface area contributed by atoms with E-state index in [1.165, 1.54) is 12.0 Å². The second-order valence-electron chi connectivity index (χ2n) is 7.21. The third-order valence-corrected chi connectivity index (χ3v) is 6.68. The summed E-state index contributed by atoms with van der Waals surface area (Å²) in [7, 11) is 1.28. The number of halogens is 1. The highest BCUT2D eigenvalue weighted by Crippen LogP contribution is 2.43. The van der Waals surface area contributed by atoms with Gasteiger partial charge in [0.1, 0.15) is 10.5 Å². The van der Waals surface area contributed by atoms with Gasteiger partial charge in [-0.2, -0.15) is 0 Å². The number of methoxy groups -OCH3 is 1. The van der Waals surface area contributed by atoms with Gasteiger partial charge in [-0.1, -0.05) is 47.2 Å². The highest BCUT2D eigenvalue weighted by atomic mass is 35.5. The number of carbonyl (C=O) groups is 2. The van der Waals surface area contributed by atoms with Crippen LogP contribution in [-0.2, 0) is 4.74 Å². The van der Waals surface area contributed by atoms with Crippen molar-refractivity contribution in [3.8, 4) is 0 Å². The average Bonchev–Trinajstić information content (AvgIpc) is 3.31. The topological polar surface area (TPSA) is 89.7 Å². The standard InChI is InChI=1S/C23H15ClN2O5S/c1-11-20(22(29)30-2)32-23(25-11)26-17(12-6-5-7-13(24)10-12)16-18(27)14-8-3-4-9-15(14)31-19(16)21(26)28/h3-10,17H,1-2H3/t17-/m1/s1. The first-order valence-electron chi connectivity index (χ1n) is 9.61. The number of hydrogen-bond acceptors (Lipinski definition) is 7. The number of rotatable bonds is 3. The summed E-state index contributed by atoms with van der Waals surface area (Å²) in [5, 5.41) is 1.09. The van der Waals surface area contributed by atoms with Crippen molar-refractivity contribution in [1.29, 1.82) is 0 Å². The Hall–Kier alpha value is -3.49. The Morgan fingerprint density at radius 1 is 1.19 bits per heavy atom. The first-order chi connectivity index (χ1) is 15.4. The molecule has 1 atom stereocenters. The quantitative estimate of drug-likeness (QED) is 0.405. The number of nitrogens with zero attached hydrogens (tertiary/aromatic N) is 2. The van der Waals surface area contributed by atoms with E-state index in [0.717, 1.165) is 11.3 Å². The molecule has 1 aliphatic heterocycles. The van der Waals surface area contributed by atoms with Gasteiger partial charge in [0, 0.05) is 5.02 Å². The fourth-order valence-corrected chi connectivity index (χ4v) is 5.09. The molecule has 1 amide bonds. The Morgan fingerprint density at radius 2 is 1.97 bits per heavy atom. The molecule has 0 bridgehead atoms. The van der Waals surface area contributed by atoms with Crippen LogP contribution in [0.15, 0.2) is 57.7 Å². The van der Waals surface area contributed by atoms with Crippen LogP contribution in [0.2, 0.25) is 5.02 Å². The molecule has 0 N–H and O–H groups in total. The maximum absolute atomic E-state index is 13.5. The van der Waals surface area contributed by atoms with Gasteiger partial charge in [-0.25, -0.2) is 9.78 Å². The summed E-state index contributed by atoms with van der Waals surface area (Å²) < 4.78 is 10.7. The molecule has 3 heterocycles. The first-order valence-corrected chi connectivity index (χ1v) is 10.8. The van der Waals surface area contributed by atoms with E-state index in [9.17, 15) is 14.4 Å². The summed E-state index contributed by atoms with van der Waals surface area (Å²) in [5.41, 5.74) is 1.28. The van der Waals surface area contributed by atoms with Crippen molar-refractivity contribution in [3.05, 3.63) is 91.2 Å². The van der Waals surface area contributed by atoms with Crippen LogP contribution in [0.1, 0.15) is 43.1 Å². The van der Waals surface area contributed by atoms with Gasteiger partial charge in [0.2, 0.25) is 5.76 Å². The summed E-state index contributed by atoms with van der Waals surface area (Å²) in [5.74, 6) is -1.11. The Bertz CT molecular complexity index is 1480. The van der Waals surface area contributed by atoms with E-state index >= 15 is 0 Å². The molecule has 0 saturated heterocycles. The van der Waals surface area contributed by atoms with Crippen LogP contribution in [0.25, 0.3) is 11.0 Å². The normalized spacial score (nSPS) is 15.3. The number of aryl methyl sites for hydroxylation is 1. The van der Waals surface area contributed by atoms with Crippen LogP contribution >= 0.6 is 22.9 Å². The van der Waals surface area contributed by atoms with E-state index in [1.54, 1.807) is 55.5 Å². The number of fused-ring (bicyclic) bond motifs is 2. The monoisotopic (exact) mass is 466 g/mol. The zero-order chi connectivity index (χ0) is 22.6. The van der Waals surface area contributed by atoms with Gasteiger partial charge in [-0.15, -0.1) is 0 Å². The number of carbonyl (C=O) groups excluding carboxylic acids is 2. The lowest BCUT2D eigenvalue weighted by Gasteiger charge is -2.22. The SMILES string of the molecule is COC(=O)c1sc(N2C(=O)c3oc4ccccc4c(=O)c3[C@H]2c2cccc(Cl)c2)nc1C. The van der Waals surface area contributed by atoms with E-state index < -0.39 is 17.9 Å². The molecule has 2 aromatic heterocycles. The summed E-state index contributed by atoms with van der Waals surface area (Å²) >= 11 is 7.25. The highest BCUT2D eigenvalue weighted by molar-refractivity contribution is 7.17. The third kappa shape index (κ3) is 3.03. The van der Waals surface area contributed by atoms with Crippen molar-refractivity contribution in [2.24, 2.45) is 0 Å². The molecule has 0 spiro atoms.